The molecule has 1 atom stereocenters. The van der Waals surface area contributed by atoms with Gasteiger partial charge in [0.15, 0.2) is 17.1 Å². The highest BCUT2D eigenvalue weighted by atomic mass is 32.2. The van der Waals surface area contributed by atoms with E-state index in [-0.39, 0.29) is 17.8 Å². The van der Waals surface area contributed by atoms with Crippen molar-refractivity contribution in [2.24, 2.45) is 0 Å². The smallest absolute Gasteiger partial charge is 0.341 e. The van der Waals surface area contributed by atoms with E-state index in [0.29, 0.717) is 33.8 Å². The number of methoxy groups -OCH3 is 2. The van der Waals surface area contributed by atoms with Gasteiger partial charge in [-0.05, 0) is 63.1 Å². The zero-order valence-electron chi connectivity index (χ0n) is 23.3. The van der Waals surface area contributed by atoms with Crippen LogP contribution in [0.1, 0.15) is 47.3 Å². The SMILES string of the molecule is CCn1c(SCC(=O)Nc2scc(-c3cc(C)ccc3C)c2C(=O)OC)nnc1C(C)Oc1ccc(OC)cc1. The largest absolute Gasteiger partial charge is 0.497 e. The van der Waals surface area contributed by atoms with E-state index in [2.05, 4.69) is 15.5 Å². The Balaban J connectivity index is 1.46. The fourth-order valence-corrected chi connectivity index (χ4v) is 5.96. The highest BCUT2D eigenvalue weighted by Crippen LogP contribution is 2.38. The van der Waals surface area contributed by atoms with Gasteiger partial charge in [0.05, 0.1) is 20.0 Å². The van der Waals surface area contributed by atoms with Gasteiger partial charge in [-0.1, -0.05) is 35.5 Å². The molecular weight excluding hydrogens is 548 g/mol. The highest BCUT2D eigenvalue weighted by molar-refractivity contribution is 7.99. The quantitative estimate of drug-likeness (QED) is 0.163. The standard InChI is InChI=1S/C29H32N4O5S2/c1-7-33-26(19(4)38-21-12-10-20(36-5)11-13-21)31-32-29(33)40-16-24(34)30-27-25(28(35)37-6)23(15-39-27)22-14-17(2)8-9-18(22)3/h8-15,19H,7,16H2,1-6H3,(H,30,34). The van der Waals surface area contributed by atoms with Crippen molar-refractivity contribution in [1.29, 1.82) is 0 Å². The summed E-state index contributed by atoms with van der Waals surface area (Å²) in [4.78, 5) is 25.7. The lowest BCUT2D eigenvalue weighted by atomic mass is 9.97. The third-order valence-electron chi connectivity index (χ3n) is 6.25. The molecular formula is C29H32N4O5S2. The molecule has 0 aliphatic carbocycles. The van der Waals surface area contributed by atoms with Gasteiger partial charge in [0, 0.05) is 17.5 Å². The summed E-state index contributed by atoms with van der Waals surface area (Å²) in [5.74, 6) is 1.41. The number of rotatable bonds is 11. The summed E-state index contributed by atoms with van der Waals surface area (Å²) in [6, 6.07) is 13.4. The van der Waals surface area contributed by atoms with Crippen LogP contribution < -0.4 is 14.8 Å². The molecule has 0 spiro atoms. The summed E-state index contributed by atoms with van der Waals surface area (Å²) in [5.41, 5.74) is 4.13. The average Bonchev–Trinajstić information content (AvgIpc) is 3.57. The average molecular weight is 581 g/mol. The molecule has 0 fully saturated rings. The van der Waals surface area contributed by atoms with Crippen molar-refractivity contribution in [1.82, 2.24) is 14.8 Å². The molecule has 4 rings (SSSR count). The Morgan fingerprint density at radius 2 is 1.77 bits per heavy atom. The van der Waals surface area contributed by atoms with Crippen LogP contribution in [0.25, 0.3) is 11.1 Å². The van der Waals surface area contributed by atoms with Crippen molar-refractivity contribution in [3.8, 4) is 22.6 Å². The van der Waals surface area contributed by atoms with E-state index >= 15 is 0 Å². The number of anilines is 1. The van der Waals surface area contributed by atoms with Gasteiger partial charge < -0.3 is 24.1 Å². The Morgan fingerprint density at radius 1 is 1.05 bits per heavy atom. The lowest BCUT2D eigenvalue weighted by Crippen LogP contribution is -2.17. The molecule has 0 bridgehead atoms. The number of nitrogens with one attached hydrogen (secondary N) is 1. The van der Waals surface area contributed by atoms with Crippen molar-refractivity contribution in [3.63, 3.8) is 0 Å². The first-order valence-corrected chi connectivity index (χ1v) is 14.6. The molecule has 2 heterocycles. The number of amides is 1. The molecule has 1 unspecified atom stereocenters. The second-order valence-electron chi connectivity index (χ2n) is 9.02. The summed E-state index contributed by atoms with van der Waals surface area (Å²) in [6.07, 6.45) is -0.360. The second-order valence-corrected chi connectivity index (χ2v) is 10.8. The number of benzene rings is 2. The van der Waals surface area contributed by atoms with Gasteiger partial charge in [-0.25, -0.2) is 4.79 Å². The Morgan fingerprint density at radius 3 is 2.45 bits per heavy atom. The number of esters is 1. The zero-order chi connectivity index (χ0) is 28.8. The molecule has 210 valence electrons. The first kappa shape index (κ1) is 29.2. The molecule has 1 amide bonds. The van der Waals surface area contributed by atoms with Gasteiger partial charge in [0.25, 0.3) is 0 Å². The molecule has 0 aliphatic heterocycles. The topological polar surface area (TPSA) is 105 Å². The monoisotopic (exact) mass is 580 g/mol. The summed E-state index contributed by atoms with van der Waals surface area (Å²) >= 11 is 2.57. The minimum atomic E-state index is -0.499. The van der Waals surface area contributed by atoms with Crippen LogP contribution in [0.4, 0.5) is 5.00 Å². The maximum Gasteiger partial charge on any atom is 0.341 e. The molecule has 11 heteroatoms. The molecule has 0 saturated heterocycles. The molecule has 9 nitrogen and oxygen atoms in total. The fourth-order valence-electron chi connectivity index (χ4n) is 4.19. The van der Waals surface area contributed by atoms with Gasteiger partial charge in [-0.15, -0.1) is 21.5 Å². The van der Waals surface area contributed by atoms with E-state index in [1.54, 1.807) is 7.11 Å². The van der Waals surface area contributed by atoms with Crippen LogP contribution in [0, 0.1) is 13.8 Å². The zero-order valence-corrected chi connectivity index (χ0v) is 24.9. The lowest BCUT2D eigenvalue weighted by molar-refractivity contribution is -0.113. The van der Waals surface area contributed by atoms with Crippen molar-refractivity contribution >= 4 is 40.0 Å². The van der Waals surface area contributed by atoms with Crippen LogP contribution in [0.3, 0.4) is 0 Å². The Bertz CT molecular complexity index is 1500. The van der Waals surface area contributed by atoms with Gasteiger partial charge in [0.2, 0.25) is 5.91 Å². The van der Waals surface area contributed by atoms with Crippen LogP contribution in [0.15, 0.2) is 53.0 Å². The predicted octanol–water partition coefficient (Wildman–Crippen LogP) is 6.31. The third-order valence-corrected chi connectivity index (χ3v) is 8.11. The van der Waals surface area contributed by atoms with Crippen LogP contribution in [-0.4, -0.2) is 46.6 Å². The van der Waals surface area contributed by atoms with Crippen molar-refractivity contribution in [2.75, 3.05) is 25.3 Å². The van der Waals surface area contributed by atoms with Crippen LogP contribution in [0.5, 0.6) is 11.5 Å². The minimum Gasteiger partial charge on any atom is -0.497 e. The van der Waals surface area contributed by atoms with E-state index in [1.165, 1.54) is 30.2 Å². The van der Waals surface area contributed by atoms with Gasteiger partial charge in [-0.2, -0.15) is 0 Å². The number of ether oxygens (including phenoxy) is 3. The van der Waals surface area contributed by atoms with Crippen LogP contribution in [0.2, 0.25) is 0 Å². The number of hydrogen-bond donors (Lipinski definition) is 1. The maximum atomic E-state index is 13.0. The molecule has 0 radical (unpaired) electrons. The second kappa shape index (κ2) is 13.0. The summed E-state index contributed by atoms with van der Waals surface area (Å²) < 4.78 is 18.2. The van der Waals surface area contributed by atoms with Crippen molar-refractivity contribution < 1.29 is 23.8 Å². The first-order valence-electron chi connectivity index (χ1n) is 12.7. The number of aryl methyl sites for hydroxylation is 2. The Kier molecular flexibility index (Phi) is 9.49. The number of carbonyl (C=O) groups excluding carboxylic acids is 2. The van der Waals surface area contributed by atoms with E-state index < -0.39 is 5.97 Å². The first-order chi connectivity index (χ1) is 19.2. The molecule has 1 N–H and O–H groups in total. The minimum absolute atomic E-state index is 0.0865. The predicted molar refractivity (Wildman–Crippen MR) is 158 cm³/mol. The summed E-state index contributed by atoms with van der Waals surface area (Å²) in [6.45, 7) is 8.49. The van der Waals surface area contributed by atoms with Gasteiger partial charge >= 0.3 is 5.97 Å². The Labute approximate surface area is 241 Å². The van der Waals surface area contributed by atoms with E-state index in [0.717, 1.165) is 28.0 Å². The van der Waals surface area contributed by atoms with E-state index in [1.807, 2.05) is 80.1 Å². The molecule has 0 aliphatic rings. The third kappa shape index (κ3) is 6.48. The lowest BCUT2D eigenvalue weighted by Gasteiger charge is -2.16. The number of carbonyl (C=O) groups is 2. The van der Waals surface area contributed by atoms with Crippen LogP contribution in [-0.2, 0) is 16.1 Å². The molecule has 4 aromatic rings. The summed E-state index contributed by atoms with van der Waals surface area (Å²) in [5, 5.41) is 14.5. The molecule has 2 aromatic carbocycles. The molecule has 2 aromatic heterocycles. The number of thiophene rings is 1. The number of aromatic nitrogens is 3. The number of hydrogen-bond acceptors (Lipinski definition) is 9. The summed E-state index contributed by atoms with van der Waals surface area (Å²) in [7, 11) is 2.95. The fraction of sp³-hybridized carbons (Fsp3) is 0.310. The van der Waals surface area contributed by atoms with E-state index in [9.17, 15) is 9.59 Å². The Hall–Kier alpha value is -3.83. The van der Waals surface area contributed by atoms with E-state index in [4.69, 9.17) is 14.2 Å². The number of thioether (sulfide) groups is 1. The maximum absolute atomic E-state index is 13.0. The normalized spacial score (nSPS) is 11.7. The molecule has 40 heavy (non-hydrogen) atoms. The van der Waals surface area contributed by atoms with Gasteiger partial charge in [-0.3, -0.25) is 4.79 Å². The van der Waals surface area contributed by atoms with Crippen molar-refractivity contribution in [2.45, 2.75) is 45.5 Å². The van der Waals surface area contributed by atoms with Crippen molar-refractivity contribution in [3.05, 3.63) is 70.4 Å². The highest BCUT2D eigenvalue weighted by Gasteiger charge is 2.24. The number of nitrogens with zero attached hydrogens (tertiary/aromatic N) is 3. The van der Waals surface area contributed by atoms with Crippen LogP contribution >= 0.6 is 23.1 Å². The van der Waals surface area contributed by atoms with Gasteiger partial charge in [0.1, 0.15) is 22.1 Å². The molecule has 0 saturated carbocycles.